The molecule has 0 unspecified atom stereocenters. The van der Waals surface area contributed by atoms with Crippen molar-refractivity contribution >= 4 is 0 Å². The smallest absolute Gasteiger partial charge is 0.00922 e. The third-order valence-electron chi connectivity index (χ3n) is 1.54. The second kappa shape index (κ2) is 9.69. The van der Waals surface area contributed by atoms with E-state index in [1.165, 1.54) is 19.3 Å². The number of hydrogen-bond donors (Lipinski definition) is 0. The highest BCUT2D eigenvalue weighted by Gasteiger charge is 1.79. The minimum atomic E-state index is 0.880. The Morgan fingerprint density at radius 1 is 1.21 bits per heavy atom. The number of allylic oxidation sites excluding steroid dienone is 3. The van der Waals surface area contributed by atoms with Gasteiger partial charge in [0, 0.05) is 6.42 Å². The highest BCUT2D eigenvalue weighted by atomic mass is 13.8. The van der Waals surface area contributed by atoms with E-state index in [0.717, 1.165) is 12.0 Å². The highest BCUT2D eigenvalue weighted by molar-refractivity contribution is 5.31. The normalized spacial score (nSPS) is 8.71. The molecule has 0 nitrogen and oxygen atoms in total. The molecule has 0 saturated heterocycles. The van der Waals surface area contributed by atoms with Crippen LogP contribution in [0.2, 0.25) is 0 Å². The predicted molar refractivity (Wildman–Crippen MR) is 63.6 cm³/mol. The first-order valence-electron chi connectivity index (χ1n) is 5.07. The van der Waals surface area contributed by atoms with Gasteiger partial charge in [0.05, 0.1) is 0 Å². The first-order valence-corrected chi connectivity index (χ1v) is 5.07. The Bertz CT molecular complexity index is 296. The quantitative estimate of drug-likeness (QED) is 0.465. The van der Waals surface area contributed by atoms with Crippen molar-refractivity contribution in [1.29, 1.82) is 0 Å². The van der Waals surface area contributed by atoms with Crippen molar-refractivity contribution in [1.82, 2.24) is 0 Å². The molecular weight excluding hydrogens is 168 g/mol. The number of rotatable bonds is 3. The Labute approximate surface area is 88.1 Å². The van der Waals surface area contributed by atoms with Gasteiger partial charge in [-0.25, -0.2) is 0 Å². The van der Waals surface area contributed by atoms with Gasteiger partial charge in [-0.1, -0.05) is 50.0 Å². The van der Waals surface area contributed by atoms with Crippen molar-refractivity contribution in [2.45, 2.75) is 39.5 Å². The SMILES string of the molecule is C=C(C)C#C/C=C\C#CCCCCC. The summed E-state index contributed by atoms with van der Waals surface area (Å²) in [6.45, 7) is 7.76. The van der Waals surface area contributed by atoms with Gasteiger partial charge < -0.3 is 0 Å². The number of unbranched alkanes of at least 4 members (excludes halogenated alkanes) is 3. The van der Waals surface area contributed by atoms with Crippen molar-refractivity contribution in [3.63, 3.8) is 0 Å². The molecule has 74 valence electrons. The van der Waals surface area contributed by atoms with Crippen LogP contribution >= 0.6 is 0 Å². The van der Waals surface area contributed by atoms with Gasteiger partial charge in [-0.2, -0.15) is 0 Å². The molecule has 0 fully saturated rings. The fourth-order valence-electron chi connectivity index (χ4n) is 0.843. The van der Waals surface area contributed by atoms with Gasteiger partial charge in [0.1, 0.15) is 0 Å². The molecule has 0 bridgehead atoms. The van der Waals surface area contributed by atoms with E-state index in [-0.39, 0.29) is 0 Å². The molecule has 14 heavy (non-hydrogen) atoms. The molecule has 0 aromatic heterocycles. The topological polar surface area (TPSA) is 0 Å². The van der Waals surface area contributed by atoms with Crippen LogP contribution in [0.1, 0.15) is 39.5 Å². The van der Waals surface area contributed by atoms with E-state index in [4.69, 9.17) is 0 Å². The van der Waals surface area contributed by atoms with E-state index in [1.54, 1.807) is 12.2 Å². The van der Waals surface area contributed by atoms with Crippen LogP contribution in [0.25, 0.3) is 0 Å². The molecule has 0 heterocycles. The predicted octanol–water partition coefficient (Wildman–Crippen LogP) is 3.71. The van der Waals surface area contributed by atoms with E-state index >= 15 is 0 Å². The van der Waals surface area contributed by atoms with Crippen LogP contribution in [0.3, 0.4) is 0 Å². The summed E-state index contributed by atoms with van der Waals surface area (Å²) in [7, 11) is 0. The lowest BCUT2D eigenvalue weighted by Gasteiger charge is -1.87. The Kier molecular flexibility index (Phi) is 8.72. The second-order valence-electron chi connectivity index (χ2n) is 3.16. The molecule has 0 saturated carbocycles. The van der Waals surface area contributed by atoms with Crippen LogP contribution in [0.4, 0.5) is 0 Å². The Balaban J connectivity index is 3.61. The lowest BCUT2D eigenvalue weighted by Crippen LogP contribution is -1.70. The maximum absolute atomic E-state index is 3.68. The third kappa shape index (κ3) is 10.6. The van der Waals surface area contributed by atoms with Crippen LogP contribution < -0.4 is 0 Å². The molecule has 0 radical (unpaired) electrons. The number of hydrogen-bond acceptors (Lipinski definition) is 0. The molecule has 0 atom stereocenters. The van der Waals surface area contributed by atoms with Crippen LogP contribution in [0, 0.1) is 23.7 Å². The monoisotopic (exact) mass is 186 g/mol. The molecule has 0 aliphatic heterocycles. The molecule has 0 amide bonds. The molecular formula is C14H18. The maximum atomic E-state index is 3.68. The summed E-state index contributed by atoms with van der Waals surface area (Å²) >= 11 is 0. The minimum Gasteiger partial charge on any atom is -0.0985 e. The summed E-state index contributed by atoms with van der Waals surface area (Å²) in [6, 6.07) is 0. The fourth-order valence-corrected chi connectivity index (χ4v) is 0.843. The van der Waals surface area contributed by atoms with Crippen molar-refractivity contribution in [2.24, 2.45) is 0 Å². The van der Waals surface area contributed by atoms with E-state index in [0.29, 0.717) is 0 Å². The molecule has 0 aliphatic rings. The molecule has 0 aliphatic carbocycles. The van der Waals surface area contributed by atoms with Crippen LogP contribution in [0.15, 0.2) is 24.3 Å². The Hall–Kier alpha value is -1.40. The van der Waals surface area contributed by atoms with Crippen molar-refractivity contribution in [3.8, 4) is 23.7 Å². The zero-order valence-corrected chi connectivity index (χ0v) is 9.19. The zero-order chi connectivity index (χ0) is 10.6. The van der Waals surface area contributed by atoms with Gasteiger partial charge >= 0.3 is 0 Å². The van der Waals surface area contributed by atoms with Crippen LogP contribution in [-0.2, 0) is 0 Å². The average molecular weight is 186 g/mol. The van der Waals surface area contributed by atoms with Gasteiger partial charge in [0.15, 0.2) is 0 Å². The molecule has 0 heteroatoms. The lowest BCUT2D eigenvalue weighted by atomic mass is 10.2. The fraction of sp³-hybridized carbons (Fsp3) is 0.429. The van der Waals surface area contributed by atoms with Crippen molar-refractivity contribution < 1.29 is 0 Å². The second-order valence-corrected chi connectivity index (χ2v) is 3.16. The van der Waals surface area contributed by atoms with Gasteiger partial charge in [0.2, 0.25) is 0 Å². The van der Waals surface area contributed by atoms with Crippen molar-refractivity contribution in [2.75, 3.05) is 0 Å². The van der Waals surface area contributed by atoms with Gasteiger partial charge in [-0.05, 0) is 31.1 Å². The average Bonchev–Trinajstić information content (AvgIpc) is 2.15. The molecule has 0 aromatic carbocycles. The molecule has 0 rings (SSSR count). The molecule has 0 spiro atoms. The summed E-state index contributed by atoms with van der Waals surface area (Å²) in [5, 5.41) is 0. The first-order chi connectivity index (χ1) is 6.77. The largest absolute Gasteiger partial charge is 0.0985 e. The van der Waals surface area contributed by atoms with Gasteiger partial charge in [-0.3, -0.25) is 0 Å². The highest BCUT2D eigenvalue weighted by Crippen LogP contribution is 1.96. The standard InChI is InChI=1S/C14H18/c1-4-5-6-7-8-9-10-11-12-13-14(2)3/h10-11H,2,4-7H2,1,3H3/b11-10-. The summed E-state index contributed by atoms with van der Waals surface area (Å²) in [6.07, 6.45) is 8.28. The van der Waals surface area contributed by atoms with Gasteiger partial charge in [-0.15, -0.1) is 0 Å². The third-order valence-corrected chi connectivity index (χ3v) is 1.54. The summed E-state index contributed by atoms with van der Waals surface area (Å²) in [4.78, 5) is 0. The first kappa shape index (κ1) is 12.6. The Morgan fingerprint density at radius 2 is 1.93 bits per heavy atom. The summed E-state index contributed by atoms with van der Waals surface area (Å²) in [5.74, 6) is 11.7. The molecule has 0 N–H and O–H groups in total. The maximum Gasteiger partial charge on any atom is 0.00922 e. The van der Waals surface area contributed by atoms with E-state index in [2.05, 4.69) is 37.2 Å². The Morgan fingerprint density at radius 3 is 2.57 bits per heavy atom. The summed E-state index contributed by atoms with van der Waals surface area (Å²) < 4.78 is 0. The minimum absolute atomic E-state index is 0.880. The van der Waals surface area contributed by atoms with E-state index in [9.17, 15) is 0 Å². The lowest BCUT2D eigenvalue weighted by molar-refractivity contribution is 0.737. The summed E-state index contributed by atoms with van der Waals surface area (Å²) in [5.41, 5.74) is 0.880. The van der Waals surface area contributed by atoms with E-state index < -0.39 is 0 Å². The molecule has 0 aromatic rings. The van der Waals surface area contributed by atoms with Gasteiger partial charge in [0.25, 0.3) is 0 Å². The van der Waals surface area contributed by atoms with Crippen LogP contribution in [-0.4, -0.2) is 0 Å². The van der Waals surface area contributed by atoms with E-state index in [1.807, 2.05) is 6.92 Å². The van der Waals surface area contributed by atoms with Crippen molar-refractivity contribution in [3.05, 3.63) is 24.3 Å². The zero-order valence-electron chi connectivity index (χ0n) is 9.19. The van der Waals surface area contributed by atoms with Crippen LogP contribution in [0.5, 0.6) is 0 Å².